The molecule has 1 heterocycles. The molecule has 5 heteroatoms. The van der Waals surface area contributed by atoms with Gasteiger partial charge in [0, 0.05) is 21.6 Å². The lowest BCUT2D eigenvalue weighted by Crippen LogP contribution is -2.25. The highest BCUT2D eigenvalue weighted by atomic mass is 32.1. The van der Waals surface area contributed by atoms with Crippen LogP contribution >= 0.6 is 11.3 Å². The van der Waals surface area contributed by atoms with Gasteiger partial charge in [-0.1, -0.05) is 58.0 Å². The van der Waals surface area contributed by atoms with Crippen LogP contribution in [0.15, 0.2) is 29.4 Å². The van der Waals surface area contributed by atoms with E-state index in [0.717, 1.165) is 36.8 Å². The molecule has 0 aliphatic heterocycles. The lowest BCUT2D eigenvalue weighted by atomic mass is 9.73. The van der Waals surface area contributed by atoms with Crippen LogP contribution in [0.4, 0.5) is 0 Å². The van der Waals surface area contributed by atoms with Crippen molar-refractivity contribution in [1.29, 1.82) is 0 Å². The van der Waals surface area contributed by atoms with E-state index in [9.17, 15) is 9.70 Å². The maximum absolute atomic E-state index is 11.4. The van der Waals surface area contributed by atoms with E-state index >= 15 is 0 Å². The van der Waals surface area contributed by atoms with Crippen molar-refractivity contribution in [2.24, 2.45) is 10.6 Å². The zero-order valence-electron chi connectivity index (χ0n) is 20.7. The molecule has 1 unspecified atom stereocenters. The highest BCUT2D eigenvalue weighted by molar-refractivity contribution is 7.12. The molecule has 4 nitrogen and oxygen atoms in total. The van der Waals surface area contributed by atoms with Crippen LogP contribution in [0.3, 0.4) is 0 Å². The fraction of sp³-hybridized carbons (Fsp3) is 0.593. The number of nitroso groups, excluding NO2 is 1. The molecule has 1 aromatic heterocycles. The first-order chi connectivity index (χ1) is 15.0. The number of aliphatic carboxylic acids is 1. The first-order valence-electron chi connectivity index (χ1n) is 11.7. The van der Waals surface area contributed by atoms with Crippen LogP contribution in [-0.2, 0) is 23.1 Å². The number of carboxylic acids is 1. The van der Waals surface area contributed by atoms with E-state index in [1.165, 1.54) is 20.9 Å². The molecule has 0 fully saturated rings. The monoisotopic (exact) mass is 457 g/mol. The molecule has 0 amide bonds. The fourth-order valence-corrected chi connectivity index (χ4v) is 6.12. The molecule has 32 heavy (non-hydrogen) atoms. The van der Waals surface area contributed by atoms with E-state index in [1.54, 1.807) is 0 Å². The summed E-state index contributed by atoms with van der Waals surface area (Å²) < 4.78 is 0. The molecule has 2 aromatic rings. The van der Waals surface area contributed by atoms with E-state index in [-0.39, 0.29) is 23.3 Å². The highest BCUT2D eigenvalue weighted by Gasteiger charge is 2.33. The molecule has 1 N–H and O–H groups in total. The van der Waals surface area contributed by atoms with E-state index < -0.39 is 5.97 Å². The van der Waals surface area contributed by atoms with Gasteiger partial charge in [0.2, 0.25) is 0 Å². The number of nitrogens with zero attached hydrogens (tertiary/aromatic N) is 1. The van der Waals surface area contributed by atoms with Crippen LogP contribution < -0.4 is 0 Å². The number of carboxylic acid groups (broad SMARTS) is 1. The van der Waals surface area contributed by atoms with Gasteiger partial charge in [0.05, 0.1) is 6.04 Å². The lowest BCUT2D eigenvalue weighted by molar-refractivity contribution is -0.136. The lowest BCUT2D eigenvalue weighted by Gasteiger charge is -2.32. The Morgan fingerprint density at radius 3 is 2.22 bits per heavy atom. The summed E-state index contributed by atoms with van der Waals surface area (Å²) in [5, 5.41) is 12.4. The summed E-state index contributed by atoms with van der Waals surface area (Å²) in [5.41, 5.74) is 4.68. The molecular weight excluding hydrogens is 418 g/mol. The molecule has 1 atom stereocenters. The topological polar surface area (TPSA) is 66.7 Å². The fourth-order valence-electron chi connectivity index (χ4n) is 4.58. The summed E-state index contributed by atoms with van der Waals surface area (Å²) in [6.45, 7) is 15.0. The average Bonchev–Trinajstić information content (AvgIpc) is 3.09. The van der Waals surface area contributed by atoms with E-state index in [0.29, 0.717) is 6.42 Å². The third-order valence-electron chi connectivity index (χ3n) is 6.97. The van der Waals surface area contributed by atoms with Crippen molar-refractivity contribution in [3.8, 4) is 0 Å². The third-order valence-corrected chi connectivity index (χ3v) is 8.48. The average molecular weight is 458 g/mol. The standard InChI is InChI=1S/C27H39NO3S/c1-8-27(9-2,21-12-10-20(18(3)16-21)11-15-25(29)30)24-17-19(4)22(32-24)13-14-23(28-31)26(5,6)7/h10,12,16-17,23H,8-9,11,13-15H2,1-7H3,(H,29,30). The summed E-state index contributed by atoms with van der Waals surface area (Å²) in [4.78, 5) is 25.1. The van der Waals surface area contributed by atoms with Gasteiger partial charge in [0.25, 0.3) is 0 Å². The number of hydrogen-bond acceptors (Lipinski definition) is 4. The normalized spacial score (nSPS) is 13.2. The predicted molar refractivity (Wildman–Crippen MR) is 135 cm³/mol. The molecule has 176 valence electrons. The van der Waals surface area contributed by atoms with Crippen LogP contribution in [0.1, 0.15) is 92.3 Å². The molecule has 2 rings (SSSR count). The Kier molecular flexibility index (Phi) is 8.81. The third kappa shape index (κ3) is 5.86. The summed E-state index contributed by atoms with van der Waals surface area (Å²) in [6.07, 6.45) is 4.37. The molecule has 0 spiro atoms. The molecule has 1 aromatic carbocycles. The molecule has 0 radical (unpaired) electrons. The first kappa shape index (κ1) is 26.2. The van der Waals surface area contributed by atoms with Crippen molar-refractivity contribution >= 4 is 17.3 Å². The minimum absolute atomic E-state index is 0.0594. The summed E-state index contributed by atoms with van der Waals surface area (Å²) in [5.74, 6) is -0.759. The minimum Gasteiger partial charge on any atom is -0.481 e. The second-order valence-corrected chi connectivity index (χ2v) is 11.2. The Hall–Kier alpha value is -2.01. The Bertz CT molecular complexity index is 935. The minimum atomic E-state index is -0.759. The summed E-state index contributed by atoms with van der Waals surface area (Å²) in [7, 11) is 0. The number of aryl methyl sites for hydroxylation is 4. The van der Waals surface area contributed by atoms with Gasteiger partial charge >= 0.3 is 5.97 Å². The highest BCUT2D eigenvalue weighted by Crippen LogP contribution is 2.44. The first-order valence-corrected chi connectivity index (χ1v) is 12.5. The Balaban J connectivity index is 2.36. The molecule has 0 bridgehead atoms. The molecule has 0 aliphatic rings. The maximum atomic E-state index is 11.4. The maximum Gasteiger partial charge on any atom is 0.303 e. The van der Waals surface area contributed by atoms with Crippen LogP contribution in [0.25, 0.3) is 0 Å². The van der Waals surface area contributed by atoms with E-state index in [2.05, 4.69) is 77.9 Å². The SMILES string of the molecule is CCC(CC)(c1ccc(CCC(=O)O)c(C)c1)c1cc(C)c(CCC(N=O)C(C)(C)C)s1. The van der Waals surface area contributed by atoms with Gasteiger partial charge < -0.3 is 5.11 Å². The summed E-state index contributed by atoms with van der Waals surface area (Å²) in [6, 6.07) is 8.71. The van der Waals surface area contributed by atoms with Crippen molar-refractivity contribution in [2.75, 3.05) is 0 Å². The Morgan fingerprint density at radius 2 is 1.72 bits per heavy atom. The number of benzene rings is 1. The predicted octanol–water partition coefficient (Wildman–Crippen LogP) is 7.60. The molecule has 0 aliphatic carbocycles. The van der Waals surface area contributed by atoms with Crippen molar-refractivity contribution in [3.63, 3.8) is 0 Å². The smallest absolute Gasteiger partial charge is 0.303 e. The van der Waals surface area contributed by atoms with Gasteiger partial charge in [-0.15, -0.1) is 11.3 Å². The van der Waals surface area contributed by atoms with Gasteiger partial charge in [-0.25, -0.2) is 0 Å². The zero-order valence-corrected chi connectivity index (χ0v) is 21.6. The molecule has 0 saturated carbocycles. The largest absolute Gasteiger partial charge is 0.481 e. The van der Waals surface area contributed by atoms with Gasteiger partial charge in [-0.3, -0.25) is 4.79 Å². The van der Waals surface area contributed by atoms with Crippen LogP contribution in [-0.4, -0.2) is 17.1 Å². The second kappa shape index (κ2) is 10.7. The van der Waals surface area contributed by atoms with Crippen LogP contribution in [0, 0.1) is 24.2 Å². The van der Waals surface area contributed by atoms with Crippen LogP contribution in [0.5, 0.6) is 0 Å². The Labute approximate surface area is 197 Å². The number of rotatable bonds is 11. The zero-order chi connectivity index (χ0) is 24.1. The number of carbonyl (C=O) groups is 1. The van der Waals surface area contributed by atoms with Crippen molar-refractivity contribution in [3.05, 3.63) is 61.2 Å². The van der Waals surface area contributed by atoms with Gasteiger partial charge in [-0.2, -0.15) is 4.91 Å². The quantitative estimate of drug-likeness (QED) is 0.353. The number of thiophene rings is 1. The van der Waals surface area contributed by atoms with E-state index in [1.807, 2.05) is 11.3 Å². The Morgan fingerprint density at radius 1 is 1.06 bits per heavy atom. The van der Waals surface area contributed by atoms with Crippen molar-refractivity contribution in [1.82, 2.24) is 0 Å². The number of hydrogen-bond donors (Lipinski definition) is 1. The molecular formula is C27H39NO3S. The van der Waals surface area contributed by atoms with Gasteiger partial charge in [-0.05, 0) is 79.7 Å². The summed E-state index contributed by atoms with van der Waals surface area (Å²) >= 11 is 1.88. The van der Waals surface area contributed by atoms with Gasteiger partial charge in [0.1, 0.15) is 0 Å². The van der Waals surface area contributed by atoms with Gasteiger partial charge in [0.15, 0.2) is 0 Å². The van der Waals surface area contributed by atoms with Crippen molar-refractivity contribution < 1.29 is 9.90 Å². The van der Waals surface area contributed by atoms with E-state index in [4.69, 9.17) is 5.11 Å². The second-order valence-electron chi connectivity index (χ2n) is 10.1. The van der Waals surface area contributed by atoms with Crippen LogP contribution in [0.2, 0.25) is 0 Å². The van der Waals surface area contributed by atoms with Crippen molar-refractivity contribution in [2.45, 2.75) is 98.4 Å². The molecule has 0 saturated heterocycles.